The van der Waals surface area contributed by atoms with E-state index >= 15 is 0 Å². The molecule has 4 nitrogen and oxygen atoms in total. The van der Waals surface area contributed by atoms with Crippen LogP contribution in [0, 0.1) is 6.92 Å². The van der Waals surface area contributed by atoms with Gasteiger partial charge in [-0.3, -0.25) is 0 Å². The van der Waals surface area contributed by atoms with Gasteiger partial charge in [0.25, 0.3) is 0 Å². The van der Waals surface area contributed by atoms with Crippen LogP contribution in [0.1, 0.15) is 12.0 Å². The molecule has 0 aliphatic heterocycles. The van der Waals surface area contributed by atoms with Crippen molar-refractivity contribution in [2.75, 3.05) is 32.6 Å². The molecule has 0 unspecified atom stereocenters. The molecule has 0 aromatic heterocycles. The van der Waals surface area contributed by atoms with Crippen molar-refractivity contribution in [2.45, 2.75) is 13.3 Å². The summed E-state index contributed by atoms with van der Waals surface area (Å²) >= 11 is 6.05. The smallest absolute Gasteiger partial charge is 0.321 e. The fourth-order valence-electron chi connectivity index (χ4n) is 1.54. The zero-order valence-electron chi connectivity index (χ0n) is 11.0. The maximum absolute atomic E-state index is 11.9. The van der Waals surface area contributed by atoms with E-state index in [0.717, 1.165) is 12.0 Å². The second-order valence-corrected chi connectivity index (χ2v) is 4.54. The van der Waals surface area contributed by atoms with Gasteiger partial charge in [-0.25, -0.2) is 4.79 Å². The fraction of sp³-hybridized carbons (Fsp3) is 0.462. The first-order valence-electron chi connectivity index (χ1n) is 5.82. The number of methoxy groups -OCH3 is 1. The summed E-state index contributed by atoms with van der Waals surface area (Å²) in [5.41, 5.74) is 1.61. The predicted molar refractivity (Wildman–Crippen MR) is 74.3 cm³/mol. The van der Waals surface area contributed by atoms with Gasteiger partial charge in [-0.2, -0.15) is 0 Å². The van der Waals surface area contributed by atoms with E-state index in [1.54, 1.807) is 25.1 Å². The van der Waals surface area contributed by atoms with Crippen LogP contribution < -0.4 is 5.32 Å². The molecule has 0 aliphatic rings. The number of nitrogens with zero attached hydrogens (tertiary/aromatic N) is 1. The number of aryl methyl sites for hydroxylation is 1. The van der Waals surface area contributed by atoms with Gasteiger partial charge in [-0.15, -0.1) is 0 Å². The summed E-state index contributed by atoms with van der Waals surface area (Å²) in [4.78, 5) is 13.5. The Bertz CT molecular complexity index is 390. The Morgan fingerprint density at radius 3 is 2.83 bits per heavy atom. The minimum atomic E-state index is -0.165. The minimum absolute atomic E-state index is 0.165. The maximum atomic E-state index is 11.9. The lowest BCUT2D eigenvalue weighted by Crippen LogP contribution is -2.32. The van der Waals surface area contributed by atoms with Crippen LogP contribution in [-0.2, 0) is 4.74 Å². The molecule has 0 saturated heterocycles. The molecule has 0 spiro atoms. The van der Waals surface area contributed by atoms with Gasteiger partial charge in [0.15, 0.2) is 0 Å². The van der Waals surface area contributed by atoms with Crippen molar-refractivity contribution in [3.8, 4) is 0 Å². The molecule has 100 valence electrons. The molecule has 5 heteroatoms. The molecule has 0 fully saturated rings. The highest BCUT2D eigenvalue weighted by Crippen LogP contribution is 2.25. The van der Waals surface area contributed by atoms with Gasteiger partial charge in [-0.1, -0.05) is 23.7 Å². The molecule has 0 bridgehead atoms. The third-order valence-electron chi connectivity index (χ3n) is 2.64. The summed E-state index contributed by atoms with van der Waals surface area (Å²) in [6.07, 6.45) is 0.807. The number of rotatable bonds is 5. The number of halogens is 1. The van der Waals surface area contributed by atoms with Crippen LogP contribution in [0.15, 0.2) is 18.2 Å². The molecule has 0 radical (unpaired) electrons. The highest BCUT2D eigenvalue weighted by molar-refractivity contribution is 6.33. The monoisotopic (exact) mass is 270 g/mol. The van der Waals surface area contributed by atoms with Crippen molar-refractivity contribution >= 4 is 23.3 Å². The van der Waals surface area contributed by atoms with Crippen LogP contribution in [-0.4, -0.2) is 38.2 Å². The third-order valence-corrected chi connectivity index (χ3v) is 2.96. The molecule has 1 aromatic rings. The summed E-state index contributed by atoms with van der Waals surface area (Å²) in [5.74, 6) is 0. The van der Waals surface area contributed by atoms with Crippen molar-refractivity contribution in [3.05, 3.63) is 28.8 Å². The molecule has 0 aliphatic carbocycles. The Balaban J connectivity index is 2.58. The molecular formula is C13H19ClN2O2. The van der Waals surface area contributed by atoms with E-state index in [2.05, 4.69) is 5.32 Å². The lowest BCUT2D eigenvalue weighted by Gasteiger charge is -2.19. The quantitative estimate of drug-likeness (QED) is 0.835. The van der Waals surface area contributed by atoms with Gasteiger partial charge in [-0.05, 0) is 25.0 Å². The van der Waals surface area contributed by atoms with E-state index in [1.165, 1.54) is 0 Å². The molecule has 1 aromatic carbocycles. The Labute approximate surface area is 113 Å². The molecule has 2 amide bonds. The number of amides is 2. The standard InChI is InChI=1S/C13H19ClN2O2/c1-10-6-4-7-11(14)12(10)15-13(17)16(2)8-5-9-18-3/h4,6-7H,5,8-9H2,1-3H3,(H,15,17). The Kier molecular flexibility index (Phi) is 5.95. The van der Waals surface area contributed by atoms with E-state index in [4.69, 9.17) is 16.3 Å². The lowest BCUT2D eigenvalue weighted by atomic mass is 10.2. The van der Waals surface area contributed by atoms with Crippen LogP contribution >= 0.6 is 11.6 Å². The van der Waals surface area contributed by atoms with Gasteiger partial charge in [0.05, 0.1) is 10.7 Å². The van der Waals surface area contributed by atoms with E-state index in [-0.39, 0.29) is 6.03 Å². The average molecular weight is 271 g/mol. The normalized spacial score (nSPS) is 10.2. The highest BCUT2D eigenvalue weighted by Gasteiger charge is 2.11. The number of benzene rings is 1. The van der Waals surface area contributed by atoms with Crippen molar-refractivity contribution in [3.63, 3.8) is 0 Å². The zero-order chi connectivity index (χ0) is 13.5. The summed E-state index contributed by atoms with van der Waals surface area (Å²) in [5, 5.41) is 3.37. The third kappa shape index (κ3) is 4.20. The summed E-state index contributed by atoms with van der Waals surface area (Å²) < 4.78 is 4.95. The van der Waals surface area contributed by atoms with E-state index in [1.807, 2.05) is 19.1 Å². The fourth-order valence-corrected chi connectivity index (χ4v) is 1.81. The van der Waals surface area contributed by atoms with Crippen LogP contribution in [0.3, 0.4) is 0 Å². The van der Waals surface area contributed by atoms with Crippen molar-refractivity contribution in [1.82, 2.24) is 4.90 Å². The summed E-state index contributed by atoms with van der Waals surface area (Å²) in [7, 11) is 3.39. The SMILES string of the molecule is COCCCN(C)C(=O)Nc1c(C)cccc1Cl. The largest absolute Gasteiger partial charge is 0.385 e. The Morgan fingerprint density at radius 2 is 2.22 bits per heavy atom. The van der Waals surface area contributed by atoms with Crippen LogP contribution in [0.5, 0.6) is 0 Å². The first-order valence-corrected chi connectivity index (χ1v) is 6.20. The molecule has 1 rings (SSSR count). The minimum Gasteiger partial charge on any atom is -0.385 e. The second kappa shape index (κ2) is 7.24. The molecular weight excluding hydrogens is 252 g/mol. The lowest BCUT2D eigenvalue weighted by molar-refractivity contribution is 0.179. The zero-order valence-corrected chi connectivity index (χ0v) is 11.8. The molecule has 0 saturated carbocycles. The number of hydrogen-bond donors (Lipinski definition) is 1. The summed E-state index contributed by atoms with van der Waals surface area (Å²) in [6.45, 7) is 3.19. The van der Waals surface area contributed by atoms with Crippen molar-refractivity contribution in [1.29, 1.82) is 0 Å². The van der Waals surface area contributed by atoms with Gasteiger partial charge in [0.1, 0.15) is 0 Å². The molecule has 18 heavy (non-hydrogen) atoms. The molecule has 1 N–H and O–H groups in total. The Morgan fingerprint density at radius 1 is 1.50 bits per heavy atom. The number of carbonyl (C=O) groups excluding carboxylic acids is 1. The number of nitrogens with one attached hydrogen (secondary N) is 1. The number of carbonyl (C=O) groups is 1. The second-order valence-electron chi connectivity index (χ2n) is 4.13. The van der Waals surface area contributed by atoms with E-state index < -0.39 is 0 Å². The topological polar surface area (TPSA) is 41.6 Å². The maximum Gasteiger partial charge on any atom is 0.321 e. The first-order chi connectivity index (χ1) is 8.56. The average Bonchev–Trinajstić information content (AvgIpc) is 2.34. The summed E-state index contributed by atoms with van der Waals surface area (Å²) in [6, 6.07) is 5.36. The van der Waals surface area contributed by atoms with Crippen molar-refractivity contribution < 1.29 is 9.53 Å². The van der Waals surface area contributed by atoms with E-state index in [0.29, 0.717) is 23.9 Å². The first kappa shape index (κ1) is 14.8. The van der Waals surface area contributed by atoms with Crippen molar-refractivity contribution in [2.24, 2.45) is 0 Å². The Hall–Kier alpha value is -1.26. The number of hydrogen-bond acceptors (Lipinski definition) is 2. The van der Waals surface area contributed by atoms with Crippen LogP contribution in [0.4, 0.5) is 10.5 Å². The van der Waals surface area contributed by atoms with Crippen LogP contribution in [0.25, 0.3) is 0 Å². The highest BCUT2D eigenvalue weighted by atomic mass is 35.5. The van der Waals surface area contributed by atoms with Gasteiger partial charge in [0, 0.05) is 27.3 Å². The molecule has 0 heterocycles. The predicted octanol–water partition coefficient (Wildman–Crippen LogP) is 3.15. The van der Waals surface area contributed by atoms with Gasteiger partial charge < -0.3 is 15.0 Å². The number of urea groups is 1. The number of anilines is 1. The van der Waals surface area contributed by atoms with Gasteiger partial charge in [0.2, 0.25) is 0 Å². The number of ether oxygens (including phenoxy) is 1. The number of para-hydroxylation sites is 1. The molecule has 0 atom stereocenters. The van der Waals surface area contributed by atoms with Crippen LogP contribution in [0.2, 0.25) is 5.02 Å². The van der Waals surface area contributed by atoms with E-state index in [9.17, 15) is 4.79 Å². The van der Waals surface area contributed by atoms with Gasteiger partial charge >= 0.3 is 6.03 Å².